The molecule has 0 saturated heterocycles. The fraction of sp³-hybridized carbons (Fsp3) is 0.400. The molecule has 1 aromatic heterocycles. The molecule has 20 heavy (non-hydrogen) atoms. The molecule has 1 atom stereocenters. The second-order valence-corrected chi connectivity index (χ2v) is 6.59. The van der Waals surface area contributed by atoms with Crippen molar-refractivity contribution in [2.24, 2.45) is 0 Å². The number of aryl methyl sites for hydroxylation is 3. The first-order valence-electron chi connectivity index (χ1n) is 6.60. The van der Waals surface area contributed by atoms with Gasteiger partial charge in [0.2, 0.25) is 0 Å². The summed E-state index contributed by atoms with van der Waals surface area (Å²) in [6, 6.07) is 5.95. The average molecular weight is 402 g/mol. The van der Waals surface area contributed by atoms with E-state index in [2.05, 4.69) is 43.9 Å². The summed E-state index contributed by atoms with van der Waals surface area (Å²) in [7, 11) is 0. The van der Waals surface area contributed by atoms with Gasteiger partial charge in [-0.25, -0.2) is 0 Å². The Hall–Kier alpha value is -0.650. The second kappa shape index (κ2) is 6.41. The van der Waals surface area contributed by atoms with Crippen LogP contribution in [0.15, 0.2) is 27.1 Å². The topological polar surface area (TPSA) is 38.0 Å². The van der Waals surface area contributed by atoms with E-state index in [1.165, 1.54) is 0 Å². The van der Waals surface area contributed by atoms with Crippen LogP contribution in [-0.4, -0.2) is 14.9 Å². The Labute approximate surface area is 136 Å². The summed E-state index contributed by atoms with van der Waals surface area (Å²) >= 11 is 7.02. The third kappa shape index (κ3) is 3.15. The molecule has 108 valence electrons. The van der Waals surface area contributed by atoms with Crippen LogP contribution in [0.3, 0.4) is 0 Å². The molecule has 0 bridgehead atoms. The number of hydrogen-bond donors (Lipinski definition) is 1. The van der Waals surface area contributed by atoms with E-state index in [1.54, 1.807) is 0 Å². The monoisotopic (exact) mass is 400 g/mol. The van der Waals surface area contributed by atoms with Gasteiger partial charge in [-0.2, -0.15) is 5.10 Å². The van der Waals surface area contributed by atoms with Crippen molar-refractivity contribution < 1.29 is 5.11 Å². The van der Waals surface area contributed by atoms with Crippen LogP contribution in [0.2, 0.25) is 0 Å². The minimum atomic E-state index is -0.527. The highest BCUT2D eigenvalue weighted by Gasteiger charge is 2.18. The average Bonchev–Trinajstić information content (AvgIpc) is 2.66. The minimum absolute atomic E-state index is 0.527. The van der Waals surface area contributed by atoms with Crippen LogP contribution in [0.1, 0.15) is 35.5 Å². The van der Waals surface area contributed by atoms with Gasteiger partial charge < -0.3 is 5.11 Å². The number of rotatable bonds is 4. The zero-order valence-electron chi connectivity index (χ0n) is 11.8. The lowest BCUT2D eigenvalue weighted by Gasteiger charge is -2.15. The number of aliphatic hydroxyl groups excluding tert-OH is 1. The van der Waals surface area contributed by atoms with E-state index in [0.717, 1.165) is 38.0 Å². The fourth-order valence-corrected chi connectivity index (χ4v) is 3.29. The first-order chi connectivity index (χ1) is 9.43. The van der Waals surface area contributed by atoms with E-state index in [-0.39, 0.29) is 0 Å². The van der Waals surface area contributed by atoms with Gasteiger partial charge in [-0.15, -0.1) is 0 Å². The Morgan fingerprint density at radius 1 is 1.30 bits per heavy atom. The molecule has 3 nitrogen and oxygen atoms in total. The molecule has 0 fully saturated rings. The van der Waals surface area contributed by atoms with Crippen LogP contribution in [0, 0.1) is 13.8 Å². The van der Waals surface area contributed by atoms with Crippen molar-refractivity contribution in [1.82, 2.24) is 9.78 Å². The predicted molar refractivity (Wildman–Crippen MR) is 87.9 cm³/mol. The number of aromatic nitrogens is 2. The summed E-state index contributed by atoms with van der Waals surface area (Å²) in [5, 5.41) is 15.0. The largest absolute Gasteiger partial charge is 0.388 e. The number of halogens is 2. The van der Waals surface area contributed by atoms with Gasteiger partial charge in [0.15, 0.2) is 0 Å². The van der Waals surface area contributed by atoms with E-state index >= 15 is 0 Å². The van der Waals surface area contributed by atoms with Crippen molar-refractivity contribution in [1.29, 1.82) is 0 Å². The highest BCUT2D eigenvalue weighted by Crippen LogP contribution is 2.28. The van der Waals surface area contributed by atoms with Crippen LogP contribution in [0.4, 0.5) is 0 Å². The summed E-state index contributed by atoms with van der Waals surface area (Å²) in [4.78, 5) is 0. The minimum Gasteiger partial charge on any atom is -0.388 e. The van der Waals surface area contributed by atoms with Crippen LogP contribution < -0.4 is 0 Å². The summed E-state index contributed by atoms with van der Waals surface area (Å²) in [6.07, 6.45) is 0.0263. The number of benzene rings is 1. The Bertz CT molecular complexity index is 623. The molecule has 0 spiro atoms. The quantitative estimate of drug-likeness (QED) is 0.828. The highest BCUT2D eigenvalue weighted by molar-refractivity contribution is 9.10. The zero-order valence-corrected chi connectivity index (χ0v) is 15.0. The van der Waals surface area contributed by atoms with E-state index in [0.29, 0.717) is 6.42 Å². The van der Waals surface area contributed by atoms with E-state index < -0.39 is 6.10 Å². The van der Waals surface area contributed by atoms with Gasteiger partial charge in [0.25, 0.3) is 0 Å². The first-order valence-corrected chi connectivity index (χ1v) is 8.18. The number of aliphatic hydroxyl groups is 1. The Morgan fingerprint density at radius 3 is 2.60 bits per heavy atom. The third-order valence-corrected chi connectivity index (χ3v) is 4.96. The van der Waals surface area contributed by atoms with E-state index in [9.17, 15) is 5.11 Å². The molecule has 0 aliphatic carbocycles. The van der Waals surface area contributed by atoms with Gasteiger partial charge in [-0.1, -0.05) is 22.0 Å². The van der Waals surface area contributed by atoms with Crippen LogP contribution >= 0.6 is 31.9 Å². The smallest absolute Gasteiger partial charge is 0.0848 e. The summed E-state index contributed by atoms with van der Waals surface area (Å²) in [5.74, 6) is 0. The molecular weight excluding hydrogens is 384 g/mol. The molecule has 5 heteroatoms. The highest BCUT2D eigenvalue weighted by atomic mass is 79.9. The van der Waals surface area contributed by atoms with Gasteiger partial charge in [-0.05, 0) is 60.0 Å². The molecular formula is C15H18Br2N2O. The van der Waals surface area contributed by atoms with Crippen LogP contribution in [0.5, 0.6) is 0 Å². The predicted octanol–water partition coefficient (Wildman–Crippen LogP) is 4.32. The maximum Gasteiger partial charge on any atom is 0.0848 e. The van der Waals surface area contributed by atoms with Crippen molar-refractivity contribution in [2.45, 2.75) is 39.8 Å². The SMILES string of the molecule is CCn1nc(C)c(Br)c1CC(O)c1ccc(Br)cc1C. The zero-order chi connectivity index (χ0) is 14.9. The summed E-state index contributed by atoms with van der Waals surface area (Å²) in [5.41, 5.74) is 4.05. The first kappa shape index (κ1) is 15.7. The molecule has 0 saturated carbocycles. The molecule has 0 aliphatic rings. The van der Waals surface area contributed by atoms with Crippen molar-refractivity contribution in [3.05, 3.63) is 49.7 Å². The second-order valence-electron chi connectivity index (χ2n) is 4.88. The standard InChI is InChI=1S/C15H18Br2N2O/c1-4-19-13(15(17)10(3)18-19)8-14(20)12-6-5-11(16)7-9(12)2/h5-7,14,20H,4,8H2,1-3H3. The molecule has 0 aliphatic heterocycles. The lowest BCUT2D eigenvalue weighted by atomic mass is 10.00. The van der Waals surface area contributed by atoms with Gasteiger partial charge in [0.05, 0.1) is 22.0 Å². The van der Waals surface area contributed by atoms with Crippen molar-refractivity contribution >= 4 is 31.9 Å². The van der Waals surface area contributed by atoms with Gasteiger partial charge in [0, 0.05) is 17.4 Å². The fourth-order valence-electron chi connectivity index (χ4n) is 2.37. The lowest BCUT2D eigenvalue weighted by Crippen LogP contribution is -2.10. The molecule has 0 radical (unpaired) electrons. The van der Waals surface area contributed by atoms with Gasteiger partial charge >= 0.3 is 0 Å². The molecule has 0 amide bonds. The molecule has 2 rings (SSSR count). The third-order valence-electron chi connectivity index (χ3n) is 3.43. The Kier molecular flexibility index (Phi) is 5.04. The summed E-state index contributed by atoms with van der Waals surface area (Å²) < 4.78 is 3.96. The molecule has 2 aromatic rings. The van der Waals surface area contributed by atoms with Crippen LogP contribution in [-0.2, 0) is 13.0 Å². The molecule has 1 unspecified atom stereocenters. The van der Waals surface area contributed by atoms with E-state index in [1.807, 2.05) is 36.7 Å². The van der Waals surface area contributed by atoms with Crippen LogP contribution in [0.25, 0.3) is 0 Å². The van der Waals surface area contributed by atoms with E-state index in [4.69, 9.17) is 0 Å². The molecule has 1 aromatic carbocycles. The summed E-state index contributed by atoms with van der Waals surface area (Å²) in [6.45, 7) is 6.84. The molecule has 1 heterocycles. The Morgan fingerprint density at radius 2 is 2.00 bits per heavy atom. The normalized spacial score (nSPS) is 12.7. The molecule has 1 N–H and O–H groups in total. The number of nitrogens with zero attached hydrogens (tertiary/aromatic N) is 2. The Balaban J connectivity index is 2.30. The van der Waals surface area contributed by atoms with Gasteiger partial charge in [0.1, 0.15) is 0 Å². The van der Waals surface area contributed by atoms with Crippen molar-refractivity contribution in [2.75, 3.05) is 0 Å². The van der Waals surface area contributed by atoms with Gasteiger partial charge in [-0.3, -0.25) is 4.68 Å². The maximum atomic E-state index is 10.5. The maximum absolute atomic E-state index is 10.5. The number of hydrogen-bond acceptors (Lipinski definition) is 2. The van der Waals surface area contributed by atoms with Crippen molar-refractivity contribution in [3.8, 4) is 0 Å². The lowest BCUT2D eigenvalue weighted by molar-refractivity contribution is 0.174. The van der Waals surface area contributed by atoms with Crippen molar-refractivity contribution in [3.63, 3.8) is 0 Å².